The number of aryl methyl sites for hydroxylation is 1. The lowest BCUT2D eigenvalue weighted by Crippen LogP contribution is -2.44. The van der Waals surface area contributed by atoms with Crippen LogP contribution in [0, 0.1) is 6.92 Å². The molecule has 3 heterocycles. The molecule has 3 rings (SSSR count). The standard InChI is InChI=1S/C16H25BN2O2/c1-12-8-9-18-14(11-12)19-10-6-7-13(19)17-20-15(2,3)16(4,5)21-17/h8-9,11,13H,6-7,10H2,1-5H3/t13-/m1/s1. The Labute approximate surface area is 128 Å². The molecule has 2 aliphatic rings. The molecule has 0 unspecified atom stereocenters. The lowest BCUT2D eigenvalue weighted by atomic mass is 9.76. The van der Waals surface area contributed by atoms with Crippen LogP contribution in [-0.2, 0) is 9.31 Å². The van der Waals surface area contributed by atoms with Crippen molar-refractivity contribution in [2.45, 2.75) is 64.6 Å². The smallest absolute Gasteiger partial charge is 0.402 e. The quantitative estimate of drug-likeness (QED) is 0.784. The van der Waals surface area contributed by atoms with Crippen LogP contribution in [0.1, 0.15) is 46.1 Å². The first-order valence-electron chi connectivity index (χ1n) is 7.85. The number of pyridine rings is 1. The summed E-state index contributed by atoms with van der Waals surface area (Å²) in [7, 11) is -0.181. The highest BCUT2D eigenvalue weighted by Gasteiger charge is 2.55. The molecule has 0 N–H and O–H groups in total. The van der Waals surface area contributed by atoms with E-state index in [0.29, 0.717) is 0 Å². The second-order valence-corrected chi connectivity index (χ2v) is 7.22. The monoisotopic (exact) mass is 288 g/mol. The first kappa shape index (κ1) is 14.9. The predicted molar refractivity (Wildman–Crippen MR) is 85.4 cm³/mol. The SMILES string of the molecule is Cc1ccnc(N2CCC[C@@H]2B2OC(C)(C)C(C)(C)O2)c1. The zero-order valence-electron chi connectivity index (χ0n) is 13.7. The average Bonchev–Trinajstić information content (AvgIpc) is 2.93. The van der Waals surface area contributed by atoms with Gasteiger partial charge in [-0.25, -0.2) is 4.98 Å². The van der Waals surface area contributed by atoms with Gasteiger partial charge in [0.25, 0.3) is 0 Å². The third kappa shape index (κ3) is 2.57. The number of aromatic nitrogens is 1. The van der Waals surface area contributed by atoms with E-state index in [1.54, 1.807) is 0 Å². The zero-order valence-corrected chi connectivity index (χ0v) is 13.7. The number of hydrogen-bond donors (Lipinski definition) is 0. The molecule has 21 heavy (non-hydrogen) atoms. The molecule has 0 amide bonds. The van der Waals surface area contributed by atoms with E-state index >= 15 is 0 Å². The van der Waals surface area contributed by atoms with Gasteiger partial charge in [0.15, 0.2) is 0 Å². The maximum absolute atomic E-state index is 6.24. The fraction of sp³-hybridized carbons (Fsp3) is 0.688. The van der Waals surface area contributed by atoms with Gasteiger partial charge >= 0.3 is 7.12 Å². The summed E-state index contributed by atoms with van der Waals surface area (Å²) in [4.78, 5) is 6.87. The molecule has 5 heteroatoms. The highest BCUT2D eigenvalue weighted by molar-refractivity contribution is 6.48. The van der Waals surface area contributed by atoms with Gasteiger partial charge in [0.1, 0.15) is 5.82 Å². The van der Waals surface area contributed by atoms with Gasteiger partial charge in [0, 0.05) is 12.7 Å². The van der Waals surface area contributed by atoms with E-state index in [9.17, 15) is 0 Å². The number of anilines is 1. The van der Waals surface area contributed by atoms with Gasteiger partial charge in [-0.2, -0.15) is 0 Å². The predicted octanol–water partition coefficient (Wildman–Crippen LogP) is 2.99. The largest absolute Gasteiger partial charge is 0.482 e. The summed E-state index contributed by atoms with van der Waals surface area (Å²) >= 11 is 0. The van der Waals surface area contributed by atoms with Gasteiger partial charge in [-0.15, -0.1) is 0 Å². The summed E-state index contributed by atoms with van der Waals surface area (Å²) in [5.41, 5.74) is 0.692. The van der Waals surface area contributed by atoms with Gasteiger partial charge in [-0.3, -0.25) is 0 Å². The Bertz CT molecular complexity index is 517. The number of nitrogens with zero attached hydrogens (tertiary/aromatic N) is 2. The Hall–Kier alpha value is -1.07. The van der Waals surface area contributed by atoms with Gasteiger partial charge in [-0.1, -0.05) is 0 Å². The van der Waals surface area contributed by atoms with Crippen LogP contribution in [0.3, 0.4) is 0 Å². The van der Waals surface area contributed by atoms with Gasteiger partial charge < -0.3 is 14.2 Å². The molecular weight excluding hydrogens is 263 g/mol. The van der Waals surface area contributed by atoms with Crippen molar-refractivity contribution < 1.29 is 9.31 Å². The first-order valence-corrected chi connectivity index (χ1v) is 7.85. The number of hydrogen-bond acceptors (Lipinski definition) is 4. The lowest BCUT2D eigenvalue weighted by Gasteiger charge is -2.32. The van der Waals surface area contributed by atoms with Crippen molar-refractivity contribution in [3.63, 3.8) is 0 Å². The summed E-state index contributed by atoms with van der Waals surface area (Å²) in [5, 5.41) is 0. The summed E-state index contributed by atoms with van der Waals surface area (Å²) in [6, 6.07) is 4.17. The van der Waals surface area contributed by atoms with Gasteiger partial charge in [0.2, 0.25) is 0 Å². The minimum atomic E-state index is -0.272. The maximum atomic E-state index is 6.24. The third-order valence-electron chi connectivity index (χ3n) is 5.08. The topological polar surface area (TPSA) is 34.6 Å². The summed E-state index contributed by atoms with van der Waals surface area (Å²) < 4.78 is 12.5. The van der Waals surface area contributed by atoms with E-state index < -0.39 is 0 Å². The number of rotatable bonds is 2. The van der Waals surface area contributed by atoms with E-state index in [-0.39, 0.29) is 24.3 Å². The molecule has 0 spiro atoms. The minimum absolute atomic E-state index is 0.181. The Morgan fingerprint density at radius 3 is 2.52 bits per heavy atom. The molecule has 0 aromatic carbocycles. The Kier molecular flexibility index (Phi) is 3.53. The normalized spacial score (nSPS) is 27.4. The molecule has 1 aromatic rings. The van der Waals surface area contributed by atoms with Crippen LogP contribution in [0.4, 0.5) is 5.82 Å². The molecule has 1 atom stereocenters. The van der Waals surface area contributed by atoms with E-state index in [2.05, 4.69) is 50.6 Å². The molecule has 1 aromatic heterocycles. The molecule has 2 fully saturated rings. The van der Waals surface area contributed by atoms with Gasteiger partial charge in [-0.05, 0) is 65.2 Å². The van der Waals surface area contributed by atoms with Crippen LogP contribution in [0.5, 0.6) is 0 Å². The van der Waals surface area contributed by atoms with Crippen LogP contribution >= 0.6 is 0 Å². The van der Waals surface area contributed by atoms with E-state index in [4.69, 9.17) is 9.31 Å². The van der Waals surface area contributed by atoms with Crippen molar-refractivity contribution in [1.82, 2.24) is 4.98 Å². The Balaban J connectivity index is 1.83. The molecule has 0 aliphatic carbocycles. The van der Waals surface area contributed by atoms with E-state index in [1.165, 1.54) is 5.56 Å². The molecule has 2 aliphatic heterocycles. The first-order chi connectivity index (χ1) is 9.80. The maximum Gasteiger partial charge on any atom is 0.482 e. The van der Waals surface area contributed by atoms with Crippen molar-refractivity contribution in [1.29, 1.82) is 0 Å². The highest BCUT2D eigenvalue weighted by Crippen LogP contribution is 2.40. The average molecular weight is 288 g/mol. The summed E-state index contributed by atoms with van der Waals surface area (Å²) in [6.07, 6.45) is 4.13. The molecule has 0 bridgehead atoms. The molecule has 0 radical (unpaired) electrons. The van der Waals surface area contributed by atoms with Crippen molar-refractivity contribution in [2.75, 3.05) is 11.4 Å². The molecular formula is C16H25BN2O2. The molecule has 4 nitrogen and oxygen atoms in total. The Morgan fingerprint density at radius 1 is 1.24 bits per heavy atom. The van der Waals surface area contributed by atoms with E-state index in [0.717, 1.165) is 25.2 Å². The van der Waals surface area contributed by atoms with Gasteiger partial charge in [0.05, 0.1) is 17.1 Å². The van der Waals surface area contributed by atoms with Crippen molar-refractivity contribution in [3.05, 3.63) is 23.9 Å². The van der Waals surface area contributed by atoms with Crippen LogP contribution < -0.4 is 4.90 Å². The lowest BCUT2D eigenvalue weighted by molar-refractivity contribution is 0.00578. The highest BCUT2D eigenvalue weighted by atomic mass is 16.7. The van der Waals surface area contributed by atoms with E-state index in [1.807, 2.05) is 12.3 Å². The molecule has 0 saturated carbocycles. The second-order valence-electron chi connectivity index (χ2n) is 7.22. The molecule has 2 saturated heterocycles. The van der Waals surface area contributed by atoms with Crippen molar-refractivity contribution in [3.8, 4) is 0 Å². The second kappa shape index (κ2) is 4.99. The third-order valence-corrected chi connectivity index (χ3v) is 5.08. The Morgan fingerprint density at radius 2 is 1.90 bits per heavy atom. The summed E-state index contributed by atoms with van der Waals surface area (Å²) in [6.45, 7) is 11.6. The van der Waals surface area contributed by atoms with Crippen molar-refractivity contribution >= 4 is 12.9 Å². The zero-order chi connectivity index (χ0) is 15.3. The van der Waals surface area contributed by atoms with Crippen molar-refractivity contribution in [2.24, 2.45) is 0 Å². The van der Waals surface area contributed by atoms with Crippen LogP contribution in [0.15, 0.2) is 18.3 Å². The fourth-order valence-electron chi connectivity index (χ4n) is 3.08. The molecule has 114 valence electrons. The fourth-order valence-corrected chi connectivity index (χ4v) is 3.08. The summed E-state index contributed by atoms with van der Waals surface area (Å²) in [5.74, 6) is 1.28. The minimum Gasteiger partial charge on any atom is -0.402 e. The van der Waals surface area contributed by atoms with Crippen LogP contribution in [0.2, 0.25) is 0 Å². The van der Waals surface area contributed by atoms with Crippen LogP contribution in [0.25, 0.3) is 0 Å². The van der Waals surface area contributed by atoms with Crippen LogP contribution in [-0.4, -0.2) is 35.8 Å².